The van der Waals surface area contributed by atoms with Gasteiger partial charge in [0, 0.05) is 18.8 Å². The Morgan fingerprint density at radius 1 is 1.36 bits per heavy atom. The molecule has 0 spiro atoms. The normalized spacial score (nSPS) is 30.6. The molecule has 0 amide bonds. The molecule has 2 aliphatic heterocycles. The van der Waals surface area contributed by atoms with Crippen LogP contribution in [0.4, 0.5) is 5.69 Å². The largest absolute Gasteiger partial charge is 0.390 e. The number of hydrogen-bond acceptors (Lipinski definition) is 3. The van der Waals surface area contributed by atoms with Crippen molar-refractivity contribution in [3.8, 4) is 0 Å². The van der Waals surface area contributed by atoms with E-state index in [9.17, 15) is 5.11 Å². The van der Waals surface area contributed by atoms with Crippen molar-refractivity contribution >= 4 is 5.69 Å². The number of benzene rings is 1. The predicted octanol–water partition coefficient (Wildman–Crippen LogP) is 1.00. The fourth-order valence-electron chi connectivity index (χ4n) is 2.38. The van der Waals surface area contributed by atoms with Gasteiger partial charge in [-0.1, -0.05) is 18.2 Å². The molecule has 0 unspecified atom stereocenters. The smallest absolute Gasteiger partial charge is 0.106 e. The fraction of sp³-hybridized carbons (Fsp3) is 0.455. The summed E-state index contributed by atoms with van der Waals surface area (Å²) < 4.78 is 0. The third-order valence-electron chi connectivity index (χ3n) is 3.16. The standard InChI is InChI=1S/C11H14N2O/c14-10-5-6-13-7-8-3-1-2-4-9(8)12-11(10)13/h1-4,10-12,14H,5-7H2/t10-,11+/m1/s1. The Kier molecular flexibility index (Phi) is 1.75. The van der Waals surface area contributed by atoms with E-state index < -0.39 is 0 Å². The minimum atomic E-state index is -0.219. The molecule has 0 saturated carbocycles. The summed E-state index contributed by atoms with van der Waals surface area (Å²) in [5.74, 6) is 0. The molecule has 14 heavy (non-hydrogen) atoms. The number of aliphatic hydroxyl groups is 1. The van der Waals surface area contributed by atoms with Gasteiger partial charge in [-0.2, -0.15) is 0 Å². The lowest BCUT2D eigenvalue weighted by Crippen LogP contribution is -2.44. The molecule has 0 radical (unpaired) electrons. The van der Waals surface area contributed by atoms with E-state index in [2.05, 4.69) is 28.4 Å². The summed E-state index contributed by atoms with van der Waals surface area (Å²) in [5.41, 5.74) is 2.51. The average Bonchev–Trinajstić information content (AvgIpc) is 2.57. The van der Waals surface area contributed by atoms with Gasteiger partial charge in [-0.05, 0) is 18.1 Å². The van der Waals surface area contributed by atoms with Crippen molar-refractivity contribution in [3.63, 3.8) is 0 Å². The van der Waals surface area contributed by atoms with Crippen LogP contribution in [0.2, 0.25) is 0 Å². The maximum atomic E-state index is 9.75. The topological polar surface area (TPSA) is 35.5 Å². The molecule has 1 aromatic carbocycles. The van der Waals surface area contributed by atoms with Gasteiger partial charge < -0.3 is 10.4 Å². The zero-order chi connectivity index (χ0) is 9.54. The summed E-state index contributed by atoms with van der Waals surface area (Å²) in [5, 5.41) is 13.1. The van der Waals surface area contributed by atoms with Crippen LogP contribution < -0.4 is 5.32 Å². The quantitative estimate of drug-likeness (QED) is 0.640. The van der Waals surface area contributed by atoms with Crippen molar-refractivity contribution in [2.45, 2.75) is 25.2 Å². The van der Waals surface area contributed by atoms with E-state index in [1.807, 2.05) is 6.07 Å². The van der Waals surface area contributed by atoms with E-state index in [1.54, 1.807) is 0 Å². The molecule has 3 rings (SSSR count). The zero-order valence-electron chi connectivity index (χ0n) is 7.98. The van der Waals surface area contributed by atoms with Gasteiger partial charge in [-0.25, -0.2) is 0 Å². The molecule has 2 aliphatic rings. The fourth-order valence-corrected chi connectivity index (χ4v) is 2.38. The zero-order valence-corrected chi connectivity index (χ0v) is 7.98. The Bertz CT molecular complexity index is 353. The van der Waals surface area contributed by atoms with Gasteiger partial charge in [0.1, 0.15) is 6.17 Å². The highest BCUT2D eigenvalue weighted by Gasteiger charge is 2.35. The number of aliphatic hydroxyl groups excluding tert-OH is 1. The van der Waals surface area contributed by atoms with E-state index in [-0.39, 0.29) is 12.3 Å². The summed E-state index contributed by atoms with van der Waals surface area (Å²) in [6.07, 6.45) is 0.791. The van der Waals surface area contributed by atoms with Gasteiger partial charge in [0.2, 0.25) is 0 Å². The lowest BCUT2D eigenvalue weighted by molar-refractivity contribution is 0.124. The highest BCUT2D eigenvalue weighted by molar-refractivity contribution is 5.53. The van der Waals surface area contributed by atoms with E-state index in [0.717, 1.165) is 19.5 Å². The SMILES string of the molecule is O[C@@H]1CCN2Cc3ccccc3N[C@H]12. The summed E-state index contributed by atoms with van der Waals surface area (Å²) in [4.78, 5) is 2.30. The molecule has 1 saturated heterocycles. The first-order valence-electron chi connectivity index (χ1n) is 5.11. The van der Waals surface area contributed by atoms with Gasteiger partial charge >= 0.3 is 0 Å². The second kappa shape index (κ2) is 2.97. The Labute approximate surface area is 83.3 Å². The minimum absolute atomic E-state index is 0.130. The summed E-state index contributed by atoms with van der Waals surface area (Å²) in [7, 11) is 0. The minimum Gasteiger partial charge on any atom is -0.390 e. The van der Waals surface area contributed by atoms with Crippen LogP contribution in [0.25, 0.3) is 0 Å². The Morgan fingerprint density at radius 3 is 3.14 bits per heavy atom. The van der Waals surface area contributed by atoms with Crippen molar-refractivity contribution in [1.29, 1.82) is 0 Å². The van der Waals surface area contributed by atoms with Crippen LogP contribution in [-0.2, 0) is 6.54 Å². The Balaban J connectivity index is 1.95. The van der Waals surface area contributed by atoms with E-state index >= 15 is 0 Å². The third kappa shape index (κ3) is 1.13. The monoisotopic (exact) mass is 190 g/mol. The van der Waals surface area contributed by atoms with Crippen LogP contribution in [0, 0.1) is 0 Å². The van der Waals surface area contributed by atoms with Gasteiger partial charge in [0.05, 0.1) is 6.10 Å². The van der Waals surface area contributed by atoms with Crippen LogP contribution in [-0.4, -0.2) is 28.8 Å². The highest BCUT2D eigenvalue weighted by atomic mass is 16.3. The Morgan fingerprint density at radius 2 is 2.21 bits per heavy atom. The predicted molar refractivity (Wildman–Crippen MR) is 54.9 cm³/mol. The van der Waals surface area contributed by atoms with Crippen molar-refractivity contribution in [2.75, 3.05) is 11.9 Å². The third-order valence-corrected chi connectivity index (χ3v) is 3.16. The molecule has 2 heterocycles. The first-order chi connectivity index (χ1) is 6.84. The molecule has 74 valence electrons. The molecular formula is C11H14N2O. The summed E-state index contributed by atoms with van der Waals surface area (Å²) in [6.45, 7) is 1.96. The molecule has 0 bridgehead atoms. The van der Waals surface area contributed by atoms with Crippen LogP contribution >= 0.6 is 0 Å². The van der Waals surface area contributed by atoms with E-state index in [1.165, 1.54) is 11.3 Å². The van der Waals surface area contributed by atoms with Crippen molar-refractivity contribution in [3.05, 3.63) is 29.8 Å². The molecule has 3 nitrogen and oxygen atoms in total. The first kappa shape index (κ1) is 8.26. The first-order valence-corrected chi connectivity index (χ1v) is 5.11. The van der Waals surface area contributed by atoms with Gasteiger partial charge in [0.25, 0.3) is 0 Å². The Hall–Kier alpha value is -1.06. The molecule has 1 fully saturated rings. The molecule has 0 aliphatic carbocycles. The van der Waals surface area contributed by atoms with Crippen molar-refractivity contribution < 1.29 is 5.11 Å². The van der Waals surface area contributed by atoms with Crippen molar-refractivity contribution in [2.24, 2.45) is 0 Å². The number of nitrogens with one attached hydrogen (secondary N) is 1. The maximum Gasteiger partial charge on any atom is 0.106 e. The number of para-hydroxylation sites is 1. The second-order valence-corrected chi connectivity index (χ2v) is 4.07. The number of hydrogen-bond donors (Lipinski definition) is 2. The highest BCUT2D eigenvalue weighted by Crippen LogP contribution is 2.30. The van der Waals surface area contributed by atoms with Crippen molar-refractivity contribution in [1.82, 2.24) is 4.90 Å². The number of rotatable bonds is 0. The number of fused-ring (bicyclic) bond motifs is 2. The molecule has 3 heteroatoms. The van der Waals surface area contributed by atoms with Gasteiger partial charge in [-0.3, -0.25) is 4.90 Å². The molecular weight excluding hydrogens is 176 g/mol. The molecule has 1 aromatic rings. The van der Waals surface area contributed by atoms with Gasteiger partial charge in [0.15, 0.2) is 0 Å². The summed E-state index contributed by atoms with van der Waals surface area (Å²) >= 11 is 0. The van der Waals surface area contributed by atoms with Crippen LogP contribution in [0.5, 0.6) is 0 Å². The molecule has 2 N–H and O–H groups in total. The van der Waals surface area contributed by atoms with E-state index in [0.29, 0.717) is 0 Å². The molecule has 2 atom stereocenters. The van der Waals surface area contributed by atoms with Crippen LogP contribution in [0.3, 0.4) is 0 Å². The van der Waals surface area contributed by atoms with Crippen LogP contribution in [0.15, 0.2) is 24.3 Å². The average molecular weight is 190 g/mol. The van der Waals surface area contributed by atoms with Gasteiger partial charge in [-0.15, -0.1) is 0 Å². The second-order valence-electron chi connectivity index (χ2n) is 4.07. The van der Waals surface area contributed by atoms with E-state index in [4.69, 9.17) is 0 Å². The lowest BCUT2D eigenvalue weighted by atomic mass is 10.1. The maximum absolute atomic E-state index is 9.75. The number of nitrogens with zero attached hydrogens (tertiary/aromatic N) is 1. The van der Waals surface area contributed by atoms with Crippen LogP contribution in [0.1, 0.15) is 12.0 Å². The molecule has 0 aromatic heterocycles. The lowest BCUT2D eigenvalue weighted by Gasteiger charge is -2.34. The number of anilines is 1. The summed E-state index contributed by atoms with van der Waals surface area (Å²) in [6, 6.07) is 8.32.